The molecule has 0 aliphatic rings. The molecule has 8 nitrogen and oxygen atoms in total. The lowest BCUT2D eigenvalue weighted by Crippen LogP contribution is -2.21. The molecule has 196 valence electrons. The lowest BCUT2D eigenvalue weighted by Gasteiger charge is -2.12. The van der Waals surface area contributed by atoms with E-state index >= 15 is 0 Å². The Bertz CT molecular complexity index is 1640. The van der Waals surface area contributed by atoms with Gasteiger partial charge in [0.15, 0.2) is 22.5 Å². The molecule has 1 N–H and O–H groups in total. The van der Waals surface area contributed by atoms with Gasteiger partial charge in [0, 0.05) is 16.8 Å². The molecule has 1 aromatic heterocycles. The van der Waals surface area contributed by atoms with Crippen molar-refractivity contribution in [1.82, 2.24) is 20.2 Å². The summed E-state index contributed by atoms with van der Waals surface area (Å²) in [6, 6.07) is 29.5. The van der Waals surface area contributed by atoms with Gasteiger partial charge in [0.05, 0.1) is 25.7 Å². The summed E-state index contributed by atoms with van der Waals surface area (Å²) in [6.45, 7) is 1.89. The van der Waals surface area contributed by atoms with Crippen LogP contribution in [0.3, 0.4) is 0 Å². The van der Waals surface area contributed by atoms with E-state index in [9.17, 15) is 4.79 Å². The molecule has 0 spiro atoms. The van der Waals surface area contributed by atoms with E-state index in [-0.39, 0.29) is 11.7 Å². The number of aromatic nitrogens is 3. The standard InChI is InChI=1S/C30H27N5O3S/c1-20(24-15-9-11-21-10-7-8-14-25(21)24)31-32-28(36)19-39-30-34-33-29(35(30)23-12-5-4-6-13-23)22-16-17-26(37-2)27(18-22)38-3/h4-18H,19H2,1-3H3,(H,32,36)/b31-20+. The van der Waals surface area contributed by atoms with Crippen LogP contribution in [0.4, 0.5) is 0 Å². The van der Waals surface area contributed by atoms with Crippen LogP contribution in [0.1, 0.15) is 12.5 Å². The molecule has 0 fully saturated rings. The number of nitrogens with zero attached hydrogens (tertiary/aromatic N) is 4. The number of para-hydroxylation sites is 1. The van der Waals surface area contributed by atoms with Crippen LogP contribution < -0.4 is 14.9 Å². The Balaban J connectivity index is 1.37. The molecule has 0 saturated carbocycles. The largest absolute Gasteiger partial charge is 0.493 e. The second kappa shape index (κ2) is 11.8. The van der Waals surface area contributed by atoms with Gasteiger partial charge in [-0.3, -0.25) is 9.36 Å². The van der Waals surface area contributed by atoms with Gasteiger partial charge in [-0.15, -0.1) is 10.2 Å². The summed E-state index contributed by atoms with van der Waals surface area (Å²) in [5, 5.41) is 16.0. The number of fused-ring (bicyclic) bond motifs is 1. The van der Waals surface area contributed by atoms with E-state index < -0.39 is 0 Å². The normalized spacial score (nSPS) is 11.4. The summed E-state index contributed by atoms with van der Waals surface area (Å²) in [4.78, 5) is 12.8. The fraction of sp³-hybridized carbons (Fsp3) is 0.133. The number of carbonyl (C=O) groups is 1. The van der Waals surface area contributed by atoms with Gasteiger partial charge in [-0.2, -0.15) is 5.10 Å². The highest BCUT2D eigenvalue weighted by Crippen LogP contribution is 2.34. The highest BCUT2D eigenvalue weighted by molar-refractivity contribution is 7.99. The third-order valence-electron chi connectivity index (χ3n) is 6.15. The molecule has 0 aliphatic heterocycles. The molecule has 1 heterocycles. The molecule has 0 aliphatic carbocycles. The Morgan fingerprint density at radius 3 is 2.44 bits per heavy atom. The topological polar surface area (TPSA) is 90.6 Å². The number of carbonyl (C=O) groups excluding carboxylic acids is 1. The van der Waals surface area contributed by atoms with Crippen LogP contribution in [0.25, 0.3) is 27.8 Å². The van der Waals surface area contributed by atoms with E-state index in [1.54, 1.807) is 14.2 Å². The zero-order chi connectivity index (χ0) is 27.2. The molecule has 5 rings (SSSR count). The van der Waals surface area contributed by atoms with Crippen molar-refractivity contribution in [1.29, 1.82) is 0 Å². The fourth-order valence-electron chi connectivity index (χ4n) is 4.25. The highest BCUT2D eigenvalue weighted by atomic mass is 32.2. The van der Waals surface area contributed by atoms with Gasteiger partial charge in [0.1, 0.15) is 0 Å². The number of ether oxygens (including phenoxy) is 2. The number of thioether (sulfide) groups is 1. The zero-order valence-corrected chi connectivity index (χ0v) is 22.6. The molecular weight excluding hydrogens is 510 g/mol. The molecule has 1 amide bonds. The number of nitrogens with one attached hydrogen (secondary N) is 1. The number of amides is 1. The Kier molecular flexibility index (Phi) is 7.88. The van der Waals surface area contributed by atoms with Crippen molar-refractivity contribution in [2.75, 3.05) is 20.0 Å². The average molecular weight is 538 g/mol. The van der Waals surface area contributed by atoms with Crippen LogP contribution in [0, 0.1) is 0 Å². The zero-order valence-electron chi connectivity index (χ0n) is 21.8. The summed E-state index contributed by atoms with van der Waals surface area (Å²) in [5.74, 6) is 1.71. The first kappa shape index (κ1) is 26.0. The summed E-state index contributed by atoms with van der Waals surface area (Å²) in [6.07, 6.45) is 0. The van der Waals surface area contributed by atoms with Gasteiger partial charge in [0.2, 0.25) is 0 Å². The maximum atomic E-state index is 12.8. The first-order valence-electron chi connectivity index (χ1n) is 12.3. The van der Waals surface area contributed by atoms with Gasteiger partial charge >= 0.3 is 0 Å². The van der Waals surface area contributed by atoms with Crippen LogP contribution in [0.2, 0.25) is 0 Å². The lowest BCUT2D eigenvalue weighted by molar-refractivity contribution is -0.118. The van der Waals surface area contributed by atoms with Crippen LogP contribution in [0.5, 0.6) is 11.5 Å². The highest BCUT2D eigenvalue weighted by Gasteiger charge is 2.19. The van der Waals surface area contributed by atoms with E-state index in [0.29, 0.717) is 22.5 Å². The predicted molar refractivity (Wildman–Crippen MR) is 155 cm³/mol. The van der Waals surface area contributed by atoms with Crippen molar-refractivity contribution in [3.63, 3.8) is 0 Å². The molecular formula is C30H27N5O3S. The maximum absolute atomic E-state index is 12.8. The fourth-order valence-corrected chi connectivity index (χ4v) is 4.99. The van der Waals surface area contributed by atoms with E-state index in [4.69, 9.17) is 9.47 Å². The Hall–Kier alpha value is -4.63. The maximum Gasteiger partial charge on any atom is 0.250 e. The molecule has 4 aromatic carbocycles. The lowest BCUT2D eigenvalue weighted by atomic mass is 10.0. The number of hydrazone groups is 1. The molecule has 9 heteroatoms. The molecule has 0 saturated heterocycles. The van der Waals surface area contributed by atoms with Gasteiger partial charge in [-0.1, -0.05) is 72.4 Å². The number of methoxy groups -OCH3 is 2. The van der Waals surface area contributed by atoms with Crippen LogP contribution in [-0.2, 0) is 4.79 Å². The predicted octanol–water partition coefficient (Wildman–Crippen LogP) is 5.74. The molecule has 0 bridgehead atoms. The first-order chi connectivity index (χ1) is 19.1. The molecule has 0 atom stereocenters. The SMILES string of the molecule is COc1ccc(-c2nnc(SCC(=O)N/N=C(\C)c3cccc4ccccc34)n2-c2ccccc2)cc1OC. The van der Waals surface area contributed by atoms with Crippen molar-refractivity contribution in [2.24, 2.45) is 5.10 Å². The molecule has 39 heavy (non-hydrogen) atoms. The summed E-state index contributed by atoms with van der Waals surface area (Å²) >= 11 is 1.29. The summed E-state index contributed by atoms with van der Waals surface area (Å²) in [7, 11) is 3.19. The van der Waals surface area contributed by atoms with Crippen LogP contribution in [0.15, 0.2) is 101 Å². The third-order valence-corrected chi connectivity index (χ3v) is 7.08. The van der Waals surface area contributed by atoms with Gasteiger partial charge in [-0.25, -0.2) is 5.43 Å². The minimum absolute atomic E-state index is 0.114. The van der Waals surface area contributed by atoms with Crippen LogP contribution in [-0.4, -0.2) is 46.4 Å². The number of hydrogen-bond donors (Lipinski definition) is 1. The van der Waals surface area contributed by atoms with Gasteiger partial charge < -0.3 is 9.47 Å². The average Bonchev–Trinajstić information content (AvgIpc) is 3.42. The Morgan fingerprint density at radius 1 is 0.897 bits per heavy atom. The quantitative estimate of drug-likeness (QED) is 0.147. The van der Waals surface area contributed by atoms with Crippen molar-refractivity contribution in [3.05, 3.63) is 96.6 Å². The second-order valence-corrected chi connectivity index (χ2v) is 9.54. The smallest absolute Gasteiger partial charge is 0.250 e. The van der Waals surface area contributed by atoms with Crippen molar-refractivity contribution in [2.45, 2.75) is 12.1 Å². The molecule has 0 unspecified atom stereocenters. The van der Waals surface area contributed by atoms with Crippen LogP contribution >= 0.6 is 11.8 Å². The molecule has 5 aromatic rings. The molecule has 0 radical (unpaired) electrons. The Morgan fingerprint density at radius 2 is 1.64 bits per heavy atom. The third kappa shape index (κ3) is 5.63. The van der Waals surface area contributed by atoms with E-state index in [1.165, 1.54) is 11.8 Å². The van der Waals surface area contributed by atoms with E-state index in [1.807, 2.05) is 90.4 Å². The monoisotopic (exact) mass is 537 g/mol. The first-order valence-corrected chi connectivity index (χ1v) is 13.2. The number of benzene rings is 4. The van der Waals surface area contributed by atoms with Crippen molar-refractivity contribution in [3.8, 4) is 28.6 Å². The van der Waals surface area contributed by atoms with Gasteiger partial charge in [-0.05, 0) is 48.0 Å². The Labute approximate surface area is 230 Å². The minimum Gasteiger partial charge on any atom is -0.493 e. The second-order valence-electron chi connectivity index (χ2n) is 8.59. The summed E-state index contributed by atoms with van der Waals surface area (Å²) < 4.78 is 12.8. The van der Waals surface area contributed by atoms with E-state index in [2.05, 4.69) is 32.9 Å². The van der Waals surface area contributed by atoms with Crippen molar-refractivity contribution >= 4 is 34.2 Å². The van der Waals surface area contributed by atoms with E-state index in [0.717, 1.165) is 33.3 Å². The number of hydrogen-bond acceptors (Lipinski definition) is 7. The van der Waals surface area contributed by atoms with Gasteiger partial charge in [0.25, 0.3) is 5.91 Å². The summed E-state index contributed by atoms with van der Waals surface area (Å²) in [5.41, 5.74) is 6.06. The van der Waals surface area contributed by atoms with Crippen molar-refractivity contribution < 1.29 is 14.3 Å². The number of rotatable bonds is 9. The minimum atomic E-state index is -0.241.